The highest BCUT2D eigenvalue weighted by molar-refractivity contribution is 5.76. The maximum atomic E-state index is 11.1. The Balaban J connectivity index is -0.00000113. The molecule has 0 spiro atoms. The summed E-state index contributed by atoms with van der Waals surface area (Å²) in [5, 5.41) is 25.0. The number of ether oxygens (including phenoxy) is 5. The molecule has 5 aromatic carbocycles. The van der Waals surface area contributed by atoms with Crippen LogP contribution in [0, 0.1) is 16.7 Å². The van der Waals surface area contributed by atoms with Crippen molar-refractivity contribution < 1.29 is 53.4 Å². The second kappa shape index (κ2) is 51.3. The fourth-order valence-corrected chi connectivity index (χ4v) is 8.96. The average molecular weight is 1450 g/mol. The minimum Gasteiger partial charge on any atom is -0.488 e. The van der Waals surface area contributed by atoms with Crippen LogP contribution in [0.3, 0.4) is 0 Å². The summed E-state index contributed by atoms with van der Waals surface area (Å²) in [5.41, 5.74) is 11.2. The summed E-state index contributed by atoms with van der Waals surface area (Å²) in [4.78, 5) is 33.0. The van der Waals surface area contributed by atoms with Gasteiger partial charge in [-0.2, -0.15) is 0 Å². The highest BCUT2D eigenvalue weighted by Gasteiger charge is 2.28. The minimum atomic E-state index is -0.421. The van der Waals surface area contributed by atoms with Gasteiger partial charge in [0, 0.05) is 0 Å². The van der Waals surface area contributed by atoms with Gasteiger partial charge in [0.05, 0.1) is 36.6 Å². The zero-order valence-corrected chi connectivity index (χ0v) is 72.5. The van der Waals surface area contributed by atoms with Crippen LogP contribution < -0.4 is 9.47 Å². The van der Waals surface area contributed by atoms with Crippen LogP contribution in [0.15, 0.2) is 121 Å². The smallest absolute Gasteiger partial charge is 0.311 e. The van der Waals surface area contributed by atoms with Gasteiger partial charge in [-0.3, -0.25) is 14.4 Å². The van der Waals surface area contributed by atoms with Crippen molar-refractivity contribution >= 4 is 17.9 Å². The monoisotopic (exact) mass is 1450 g/mol. The molecule has 0 aliphatic rings. The van der Waals surface area contributed by atoms with Crippen LogP contribution in [0.2, 0.25) is 0 Å². The molecule has 11 nitrogen and oxygen atoms in total. The van der Waals surface area contributed by atoms with Gasteiger partial charge >= 0.3 is 17.9 Å². The van der Waals surface area contributed by atoms with Crippen molar-refractivity contribution in [3.63, 3.8) is 0 Å². The highest BCUT2D eigenvalue weighted by Crippen LogP contribution is 2.31. The van der Waals surface area contributed by atoms with Crippen LogP contribution in [0.5, 0.6) is 11.5 Å². The van der Waals surface area contributed by atoms with Gasteiger partial charge in [0.1, 0.15) is 42.5 Å². The number of esters is 3. The van der Waals surface area contributed by atoms with E-state index in [9.17, 15) is 14.4 Å². The van der Waals surface area contributed by atoms with Crippen molar-refractivity contribution in [2.45, 2.75) is 337 Å². The SMILES string of the molecule is CCC(C)(C)C(=O)OCCO.CCC(C)(C)C(=O)OCCO.CCC(C)C(=O)OCCO.CCC(C)c1ccc(C(C)(C)C)cc1.CCC(C)c1ccc(C(C)(C)C)cc1.CCC(C)c1ccc(C(C)(C)C)cc1.CCC(C)c1ccc(OC(C)(C)C)cc1.CCC(C)c1ccc(OC(C)(C)C)cc1. The third-order valence-electron chi connectivity index (χ3n) is 18.7. The number of aliphatic hydroxyl groups excluding tert-OH is 3. The Hall–Kier alpha value is -6.01. The normalized spacial score (nSPS) is 13.2. The lowest BCUT2D eigenvalue weighted by Crippen LogP contribution is -2.26. The number of hydrogen-bond acceptors (Lipinski definition) is 11. The molecule has 0 saturated carbocycles. The van der Waals surface area contributed by atoms with Crippen molar-refractivity contribution in [1.82, 2.24) is 0 Å². The van der Waals surface area contributed by atoms with E-state index < -0.39 is 10.8 Å². The van der Waals surface area contributed by atoms with Gasteiger partial charge in [0.2, 0.25) is 0 Å². The Kier molecular flexibility index (Phi) is 50.4. The topological polar surface area (TPSA) is 158 Å². The van der Waals surface area contributed by atoms with Gasteiger partial charge in [-0.25, -0.2) is 0 Å². The van der Waals surface area contributed by atoms with Crippen LogP contribution in [0.25, 0.3) is 0 Å². The Morgan fingerprint density at radius 3 is 0.673 bits per heavy atom. The molecular weight excluding hydrogens is 1290 g/mol. The molecule has 0 aliphatic heterocycles. The lowest BCUT2D eigenvalue weighted by atomic mass is 9.85. The molecule has 0 bridgehead atoms. The molecule has 0 fully saturated rings. The Labute approximate surface area is 638 Å². The lowest BCUT2D eigenvalue weighted by Gasteiger charge is -2.21. The van der Waals surface area contributed by atoms with E-state index in [2.05, 4.69) is 299 Å². The summed E-state index contributed by atoms with van der Waals surface area (Å²) < 4.78 is 25.7. The molecule has 0 heterocycles. The van der Waals surface area contributed by atoms with E-state index in [1.54, 1.807) is 6.92 Å². The van der Waals surface area contributed by atoms with Gasteiger partial charge in [0.15, 0.2) is 0 Å². The van der Waals surface area contributed by atoms with Gasteiger partial charge in [-0.15, -0.1) is 0 Å². The Morgan fingerprint density at radius 2 is 0.510 bits per heavy atom. The summed E-state index contributed by atoms with van der Waals surface area (Å²) in [6.07, 6.45) is 8.29. The molecule has 6 atom stereocenters. The highest BCUT2D eigenvalue weighted by atomic mass is 16.6. The van der Waals surface area contributed by atoms with Crippen LogP contribution >= 0.6 is 0 Å². The van der Waals surface area contributed by atoms with E-state index in [0.717, 1.165) is 30.8 Å². The van der Waals surface area contributed by atoms with E-state index in [1.807, 2.05) is 48.5 Å². The Morgan fingerprint density at radius 1 is 0.308 bits per heavy atom. The predicted octanol–water partition coefficient (Wildman–Crippen LogP) is 24.7. The van der Waals surface area contributed by atoms with Crippen molar-refractivity contribution in [2.75, 3.05) is 39.6 Å². The largest absolute Gasteiger partial charge is 0.488 e. The van der Waals surface area contributed by atoms with Crippen LogP contribution in [0.1, 0.15) is 354 Å². The average Bonchev–Trinajstić information content (AvgIpc) is 0.867. The second-order valence-electron chi connectivity index (χ2n) is 34.1. The summed E-state index contributed by atoms with van der Waals surface area (Å²) in [6.45, 7) is 70.1. The number of aliphatic hydroxyl groups is 3. The van der Waals surface area contributed by atoms with E-state index in [0.29, 0.717) is 29.6 Å². The fourth-order valence-electron chi connectivity index (χ4n) is 8.96. The van der Waals surface area contributed by atoms with E-state index in [4.69, 9.17) is 34.3 Å². The molecule has 0 radical (unpaired) electrons. The fraction of sp³-hybridized carbons (Fsp3) is 0.645. The molecule has 0 aromatic heterocycles. The third-order valence-corrected chi connectivity index (χ3v) is 18.7. The summed E-state index contributed by atoms with van der Waals surface area (Å²) in [7, 11) is 0. The number of rotatable bonds is 24. The van der Waals surface area contributed by atoms with Crippen molar-refractivity contribution in [3.8, 4) is 11.5 Å². The first-order chi connectivity index (χ1) is 48.0. The van der Waals surface area contributed by atoms with E-state index >= 15 is 0 Å². The molecule has 0 saturated heterocycles. The third kappa shape index (κ3) is 45.5. The van der Waals surface area contributed by atoms with Crippen LogP contribution in [-0.2, 0) is 44.8 Å². The standard InChI is InChI=1S/2C14H22O.3C14H22.2C8H16O3.C7H14O3/c2*1-6-11(2)12-7-9-13(10-8-12)15-14(3,4)5;3*1-6-11(2)12-7-9-13(10-8-12)14(3,4)5;2*1-4-8(2,3)7(10)11-6-5-9;1-3-6(2)7(9)10-5-4-8/h2*7-11H,6H2,1-5H3;3*7-11H,6H2,1-5H3;2*9H,4-6H2,1-3H3;6,8H,3-5H2,1-2H3. The van der Waals surface area contributed by atoms with Gasteiger partial charge in [-0.1, -0.05) is 256 Å². The number of carbonyl (C=O) groups excluding carboxylic acids is 3. The first-order valence-electron chi connectivity index (χ1n) is 39.2. The van der Waals surface area contributed by atoms with Crippen molar-refractivity contribution in [1.29, 1.82) is 0 Å². The summed E-state index contributed by atoms with van der Waals surface area (Å²) in [6, 6.07) is 44.1. The van der Waals surface area contributed by atoms with Gasteiger partial charge < -0.3 is 39.0 Å². The minimum absolute atomic E-state index is 0.0495. The number of benzene rings is 5. The number of hydrogen-bond donors (Lipinski definition) is 3. The quantitative estimate of drug-likeness (QED) is 0.0399. The molecule has 0 amide bonds. The first kappa shape index (κ1) is 102. The summed E-state index contributed by atoms with van der Waals surface area (Å²) in [5.74, 6) is 4.47. The van der Waals surface area contributed by atoms with Crippen molar-refractivity contribution in [2.24, 2.45) is 16.7 Å². The molecule has 0 aliphatic carbocycles. The van der Waals surface area contributed by atoms with Gasteiger partial charge in [0.25, 0.3) is 0 Å². The lowest BCUT2D eigenvalue weighted by molar-refractivity contribution is -0.155. The van der Waals surface area contributed by atoms with Gasteiger partial charge in [-0.05, 0) is 235 Å². The summed E-state index contributed by atoms with van der Waals surface area (Å²) >= 11 is 0. The predicted molar refractivity (Wildman–Crippen MR) is 444 cm³/mol. The zero-order valence-electron chi connectivity index (χ0n) is 72.5. The molecular formula is C93H156O11. The number of carbonyl (C=O) groups is 3. The molecule has 3 N–H and O–H groups in total. The van der Waals surface area contributed by atoms with E-state index in [-0.39, 0.29) is 90.9 Å². The molecule has 5 aromatic rings. The first-order valence-corrected chi connectivity index (χ1v) is 39.2. The zero-order chi connectivity index (χ0) is 81.0. The maximum Gasteiger partial charge on any atom is 0.311 e. The van der Waals surface area contributed by atoms with Crippen LogP contribution in [0.4, 0.5) is 0 Å². The van der Waals surface area contributed by atoms with E-state index in [1.165, 1.54) is 76.6 Å². The molecule has 6 unspecified atom stereocenters. The van der Waals surface area contributed by atoms with Crippen molar-refractivity contribution in [3.05, 3.63) is 166 Å². The molecule has 11 heteroatoms. The molecule has 104 heavy (non-hydrogen) atoms. The maximum absolute atomic E-state index is 11.1. The molecule has 5 rings (SSSR count). The molecule has 594 valence electrons. The Bertz CT molecular complexity index is 2730. The van der Waals surface area contributed by atoms with Crippen LogP contribution in [-0.4, -0.2) is 84.1 Å². The second-order valence-corrected chi connectivity index (χ2v) is 34.1.